The van der Waals surface area contributed by atoms with E-state index >= 15 is 0 Å². The van der Waals surface area contributed by atoms with Crippen LogP contribution in [0.5, 0.6) is 0 Å². The molecule has 0 bridgehead atoms. The van der Waals surface area contributed by atoms with Gasteiger partial charge in [-0.05, 0) is 25.5 Å². The van der Waals surface area contributed by atoms with Crippen molar-refractivity contribution in [1.82, 2.24) is 19.7 Å². The molecule has 2 heterocycles. The first-order valence-electron chi connectivity index (χ1n) is 7.53. The van der Waals surface area contributed by atoms with Crippen molar-refractivity contribution in [2.45, 2.75) is 44.1 Å². The molecule has 0 spiro atoms. The van der Waals surface area contributed by atoms with Crippen molar-refractivity contribution >= 4 is 22.7 Å². The summed E-state index contributed by atoms with van der Waals surface area (Å²) >= 11 is 1.44. The summed E-state index contributed by atoms with van der Waals surface area (Å²) < 4.78 is 7.15. The van der Waals surface area contributed by atoms with E-state index in [2.05, 4.69) is 22.1 Å². The Labute approximate surface area is 137 Å². The second-order valence-corrected chi connectivity index (χ2v) is 6.29. The molecule has 2 aromatic heterocycles. The van der Waals surface area contributed by atoms with Crippen LogP contribution >= 0.6 is 11.8 Å². The van der Waals surface area contributed by atoms with Crippen molar-refractivity contribution in [3.8, 4) is 0 Å². The van der Waals surface area contributed by atoms with Gasteiger partial charge < -0.3 is 4.42 Å². The van der Waals surface area contributed by atoms with Gasteiger partial charge in [0.05, 0.1) is 16.7 Å². The normalized spacial score (nSPS) is 12.7. The SMILES string of the molecule is CC[C@@H](C)n1c(SCc2nnc(C)o2)nc2ccccc2c1=O. The smallest absolute Gasteiger partial charge is 0.262 e. The van der Waals surface area contributed by atoms with Crippen LogP contribution < -0.4 is 5.56 Å². The lowest BCUT2D eigenvalue weighted by molar-refractivity contribution is 0.466. The van der Waals surface area contributed by atoms with Gasteiger partial charge in [-0.1, -0.05) is 30.8 Å². The quantitative estimate of drug-likeness (QED) is 0.527. The number of aryl methyl sites for hydroxylation is 1. The number of rotatable bonds is 5. The highest BCUT2D eigenvalue weighted by Gasteiger charge is 2.16. The van der Waals surface area contributed by atoms with Crippen LogP contribution in [0.4, 0.5) is 0 Å². The van der Waals surface area contributed by atoms with Crippen LogP contribution in [0, 0.1) is 6.92 Å². The second-order valence-electron chi connectivity index (χ2n) is 5.35. The van der Waals surface area contributed by atoms with E-state index in [4.69, 9.17) is 4.42 Å². The summed E-state index contributed by atoms with van der Waals surface area (Å²) in [6.45, 7) is 5.84. The molecule has 0 aliphatic rings. The van der Waals surface area contributed by atoms with Gasteiger partial charge in [0.1, 0.15) is 0 Å². The van der Waals surface area contributed by atoms with Crippen molar-refractivity contribution in [3.05, 3.63) is 46.4 Å². The molecule has 0 radical (unpaired) electrons. The van der Waals surface area contributed by atoms with Gasteiger partial charge in [-0.2, -0.15) is 0 Å². The van der Waals surface area contributed by atoms with Gasteiger partial charge in [0.15, 0.2) is 5.16 Å². The highest BCUT2D eigenvalue weighted by molar-refractivity contribution is 7.98. The standard InChI is InChI=1S/C16H18N4O2S/c1-4-10(2)20-15(21)12-7-5-6-8-13(12)17-16(20)23-9-14-19-18-11(3)22-14/h5-8,10H,4,9H2,1-3H3/t10-/m1/s1. The number of thioether (sulfide) groups is 1. The summed E-state index contributed by atoms with van der Waals surface area (Å²) in [6, 6.07) is 7.50. The van der Waals surface area contributed by atoms with E-state index in [0.29, 0.717) is 33.6 Å². The van der Waals surface area contributed by atoms with E-state index < -0.39 is 0 Å². The Kier molecular flexibility index (Phi) is 4.47. The van der Waals surface area contributed by atoms with Crippen LogP contribution in [0.1, 0.15) is 38.1 Å². The number of para-hydroxylation sites is 1. The summed E-state index contributed by atoms with van der Waals surface area (Å²) in [5.74, 6) is 1.55. The Morgan fingerprint density at radius 1 is 1.30 bits per heavy atom. The molecule has 3 rings (SSSR count). The zero-order valence-corrected chi connectivity index (χ0v) is 14.1. The Morgan fingerprint density at radius 2 is 2.09 bits per heavy atom. The highest BCUT2D eigenvalue weighted by Crippen LogP contribution is 2.24. The van der Waals surface area contributed by atoms with E-state index in [1.165, 1.54) is 11.8 Å². The fourth-order valence-corrected chi connectivity index (χ4v) is 3.25. The molecule has 0 saturated heterocycles. The van der Waals surface area contributed by atoms with E-state index in [0.717, 1.165) is 6.42 Å². The average Bonchev–Trinajstić information content (AvgIpc) is 2.98. The minimum Gasteiger partial charge on any atom is -0.425 e. The first kappa shape index (κ1) is 15.7. The van der Waals surface area contributed by atoms with Gasteiger partial charge in [-0.15, -0.1) is 10.2 Å². The van der Waals surface area contributed by atoms with Crippen LogP contribution in [0.2, 0.25) is 0 Å². The van der Waals surface area contributed by atoms with Gasteiger partial charge in [-0.25, -0.2) is 4.98 Å². The molecule has 0 amide bonds. The molecule has 120 valence electrons. The Morgan fingerprint density at radius 3 is 2.78 bits per heavy atom. The summed E-state index contributed by atoms with van der Waals surface area (Å²) in [4.78, 5) is 17.5. The molecule has 3 aromatic rings. The topological polar surface area (TPSA) is 73.8 Å². The number of aromatic nitrogens is 4. The van der Waals surface area contributed by atoms with Gasteiger partial charge in [-0.3, -0.25) is 9.36 Å². The monoisotopic (exact) mass is 330 g/mol. The van der Waals surface area contributed by atoms with E-state index in [1.807, 2.05) is 31.2 Å². The lowest BCUT2D eigenvalue weighted by atomic mass is 10.2. The molecule has 0 fully saturated rings. The second kappa shape index (κ2) is 6.54. The predicted octanol–water partition coefficient (Wildman–Crippen LogP) is 3.35. The van der Waals surface area contributed by atoms with Gasteiger partial charge in [0.25, 0.3) is 5.56 Å². The minimum absolute atomic E-state index is 0.00541. The molecular weight excluding hydrogens is 312 g/mol. The molecule has 0 N–H and O–H groups in total. The van der Waals surface area contributed by atoms with Crippen molar-refractivity contribution in [1.29, 1.82) is 0 Å². The zero-order valence-electron chi connectivity index (χ0n) is 13.3. The number of nitrogens with zero attached hydrogens (tertiary/aromatic N) is 4. The largest absolute Gasteiger partial charge is 0.425 e. The summed E-state index contributed by atoms with van der Waals surface area (Å²) in [5, 5.41) is 9.13. The van der Waals surface area contributed by atoms with Crippen LogP contribution in [0.25, 0.3) is 10.9 Å². The molecule has 1 atom stereocenters. The first-order valence-corrected chi connectivity index (χ1v) is 8.51. The third-order valence-electron chi connectivity index (χ3n) is 3.70. The van der Waals surface area contributed by atoms with Gasteiger partial charge in [0, 0.05) is 13.0 Å². The van der Waals surface area contributed by atoms with Crippen molar-refractivity contribution in [2.75, 3.05) is 0 Å². The zero-order chi connectivity index (χ0) is 16.4. The van der Waals surface area contributed by atoms with Crippen molar-refractivity contribution in [2.24, 2.45) is 0 Å². The average molecular weight is 330 g/mol. The van der Waals surface area contributed by atoms with Gasteiger partial charge in [0.2, 0.25) is 11.8 Å². The highest BCUT2D eigenvalue weighted by atomic mass is 32.2. The molecule has 0 aliphatic heterocycles. The maximum Gasteiger partial charge on any atom is 0.262 e. The molecule has 23 heavy (non-hydrogen) atoms. The van der Waals surface area contributed by atoms with E-state index in [1.54, 1.807) is 11.5 Å². The van der Waals surface area contributed by atoms with E-state index in [-0.39, 0.29) is 11.6 Å². The molecule has 0 aliphatic carbocycles. The Balaban J connectivity index is 2.04. The number of benzene rings is 1. The van der Waals surface area contributed by atoms with Crippen molar-refractivity contribution in [3.63, 3.8) is 0 Å². The Bertz CT molecular complexity index is 887. The molecule has 7 heteroatoms. The fourth-order valence-electron chi connectivity index (χ4n) is 2.32. The molecule has 1 aromatic carbocycles. The maximum atomic E-state index is 12.8. The van der Waals surface area contributed by atoms with E-state index in [9.17, 15) is 4.79 Å². The minimum atomic E-state index is -0.00541. The summed E-state index contributed by atoms with van der Waals surface area (Å²) in [6.07, 6.45) is 0.854. The maximum absolute atomic E-state index is 12.8. The predicted molar refractivity (Wildman–Crippen MR) is 89.6 cm³/mol. The lowest BCUT2D eigenvalue weighted by Crippen LogP contribution is -2.26. The first-order chi connectivity index (χ1) is 11.1. The van der Waals surface area contributed by atoms with Gasteiger partial charge >= 0.3 is 0 Å². The van der Waals surface area contributed by atoms with Crippen LogP contribution in [0.15, 0.2) is 38.6 Å². The van der Waals surface area contributed by atoms with Crippen LogP contribution in [-0.4, -0.2) is 19.7 Å². The molecule has 6 nitrogen and oxygen atoms in total. The number of fused-ring (bicyclic) bond motifs is 1. The fraction of sp³-hybridized carbons (Fsp3) is 0.375. The van der Waals surface area contributed by atoms with Crippen molar-refractivity contribution < 1.29 is 4.42 Å². The van der Waals surface area contributed by atoms with Crippen LogP contribution in [-0.2, 0) is 5.75 Å². The lowest BCUT2D eigenvalue weighted by Gasteiger charge is -2.17. The summed E-state index contributed by atoms with van der Waals surface area (Å²) in [5.41, 5.74) is 0.704. The third kappa shape index (κ3) is 3.14. The number of hydrogen-bond donors (Lipinski definition) is 0. The van der Waals surface area contributed by atoms with Crippen LogP contribution in [0.3, 0.4) is 0 Å². The number of hydrogen-bond acceptors (Lipinski definition) is 6. The molecule has 0 unspecified atom stereocenters. The molecule has 0 saturated carbocycles. The Hall–Kier alpha value is -2.15. The molecular formula is C16H18N4O2S. The third-order valence-corrected chi connectivity index (χ3v) is 4.64. The summed E-state index contributed by atoms with van der Waals surface area (Å²) in [7, 11) is 0.